The molecule has 1 aromatic rings. The molecule has 110 valence electrons. The molecule has 1 fully saturated rings. The van der Waals surface area contributed by atoms with Gasteiger partial charge < -0.3 is 15.4 Å². The third-order valence-corrected chi connectivity index (χ3v) is 3.63. The standard InChI is InChI=1S/C15H21FN2O2/c1-11-7-10-20-14(11)15(19)18(9-4-8-17)13-6-3-2-5-12(13)16/h2-3,5-6,11,14H,4,7-10,17H2,1H3. The summed E-state index contributed by atoms with van der Waals surface area (Å²) in [5, 5.41) is 0. The van der Waals surface area contributed by atoms with Crippen LogP contribution in [0.4, 0.5) is 10.1 Å². The Balaban J connectivity index is 2.23. The van der Waals surface area contributed by atoms with Crippen LogP contribution in [0.2, 0.25) is 0 Å². The van der Waals surface area contributed by atoms with E-state index in [0.29, 0.717) is 31.8 Å². The van der Waals surface area contributed by atoms with Gasteiger partial charge in [-0.2, -0.15) is 0 Å². The second kappa shape index (κ2) is 6.81. The van der Waals surface area contributed by atoms with Gasteiger partial charge in [0.25, 0.3) is 5.91 Å². The Morgan fingerprint density at radius 2 is 2.25 bits per heavy atom. The summed E-state index contributed by atoms with van der Waals surface area (Å²) in [6.07, 6.45) is 1.01. The van der Waals surface area contributed by atoms with E-state index in [2.05, 4.69) is 0 Å². The lowest BCUT2D eigenvalue weighted by atomic mass is 10.0. The first-order valence-corrected chi connectivity index (χ1v) is 7.02. The number of benzene rings is 1. The van der Waals surface area contributed by atoms with Crippen LogP contribution in [0.25, 0.3) is 0 Å². The lowest BCUT2D eigenvalue weighted by molar-refractivity contribution is -0.128. The summed E-state index contributed by atoms with van der Waals surface area (Å²) in [6, 6.07) is 6.31. The van der Waals surface area contributed by atoms with Crippen molar-refractivity contribution < 1.29 is 13.9 Å². The SMILES string of the molecule is CC1CCOC1C(=O)N(CCCN)c1ccccc1F. The van der Waals surface area contributed by atoms with Crippen molar-refractivity contribution in [2.45, 2.75) is 25.9 Å². The van der Waals surface area contributed by atoms with E-state index in [4.69, 9.17) is 10.5 Å². The van der Waals surface area contributed by atoms with Crippen LogP contribution in [-0.2, 0) is 9.53 Å². The van der Waals surface area contributed by atoms with Gasteiger partial charge in [-0.05, 0) is 37.4 Å². The van der Waals surface area contributed by atoms with Crippen LogP contribution >= 0.6 is 0 Å². The van der Waals surface area contributed by atoms with E-state index < -0.39 is 11.9 Å². The molecule has 0 aromatic heterocycles. The molecule has 0 spiro atoms. The number of carbonyl (C=O) groups excluding carboxylic acids is 1. The first-order valence-electron chi connectivity index (χ1n) is 7.02. The number of halogens is 1. The second-order valence-corrected chi connectivity index (χ2v) is 5.14. The summed E-state index contributed by atoms with van der Waals surface area (Å²) in [7, 11) is 0. The second-order valence-electron chi connectivity index (χ2n) is 5.14. The Hall–Kier alpha value is -1.46. The van der Waals surface area contributed by atoms with Gasteiger partial charge in [-0.25, -0.2) is 4.39 Å². The van der Waals surface area contributed by atoms with Gasteiger partial charge in [0.2, 0.25) is 0 Å². The number of hydrogen-bond donors (Lipinski definition) is 1. The Morgan fingerprint density at radius 3 is 2.85 bits per heavy atom. The summed E-state index contributed by atoms with van der Waals surface area (Å²) in [5.74, 6) is -0.410. The van der Waals surface area contributed by atoms with Crippen molar-refractivity contribution in [3.8, 4) is 0 Å². The van der Waals surface area contributed by atoms with Gasteiger partial charge in [0.05, 0.1) is 5.69 Å². The largest absolute Gasteiger partial charge is 0.368 e. The average Bonchev–Trinajstić information content (AvgIpc) is 2.87. The van der Waals surface area contributed by atoms with Crippen molar-refractivity contribution in [3.05, 3.63) is 30.1 Å². The maximum atomic E-state index is 13.9. The smallest absolute Gasteiger partial charge is 0.256 e. The number of rotatable bonds is 5. The molecule has 1 aromatic carbocycles. The highest BCUT2D eigenvalue weighted by Crippen LogP contribution is 2.26. The molecule has 0 radical (unpaired) electrons. The maximum absolute atomic E-state index is 13.9. The first-order chi connectivity index (χ1) is 9.65. The number of hydrogen-bond acceptors (Lipinski definition) is 3. The predicted molar refractivity (Wildman–Crippen MR) is 75.9 cm³/mol. The topological polar surface area (TPSA) is 55.6 Å². The molecule has 4 nitrogen and oxygen atoms in total. The molecule has 1 aliphatic rings. The number of nitrogens with two attached hydrogens (primary N) is 1. The lowest BCUT2D eigenvalue weighted by Crippen LogP contribution is -2.42. The minimum absolute atomic E-state index is 0.162. The van der Waals surface area contributed by atoms with Crippen LogP contribution in [0.5, 0.6) is 0 Å². The molecule has 2 N–H and O–H groups in total. The van der Waals surface area contributed by atoms with Crippen molar-refractivity contribution >= 4 is 11.6 Å². The number of carbonyl (C=O) groups is 1. The molecule has 0 aliphatic carbocycles. The number of amides is 1. The van der Waals surface area contributed by atoms with E-state index in [1.165, 1.54) is 11.0 Å². The highest BCUT2D eigenvalue weighted by atomic mass is 19.1. The van der Waals surface area contributed by atoms with Gasteiger partial charge in [0.15, 0.2) is 0 Å². The third-order valence-electron chi connectivity index (χ3n) is 3.63. The number of para-hydroxylation sites is 1. The Bertz CT molecular complexity index is 467. The van der Waals surface area contributed by atoms with Crippen molar-refractivity contribution in [3.63, 3.8) is 0 Å². The monoisotopic (exact) mass is 280 g/mol. The molecule has 2 atom stereocenters. The van der Waals surface area contributed by atoms with E-state index >= 15 is 0 Å². The van der Waals surface area contributed by atoms with Gasteiger partial charge in [0, 0.05) is 13.2 Å². The number of nitrogens with zero attached hydrogens (tertiary/aromatic N) is 1. The van der Waals surface area contributed by atoms with Gasteiger partial charge in [-0.1, -0.05) is 19.1 Å². The zero-order chi connectivity index (χ0) is 14.5. The molecule has 1 amide bonds. The van der Waals surface area contributed by atoms with Crippen LogP contribution in [0, 0.1) is 11.7 Å². The zero-order valence-electron chi connectivity index (χ0n) is 11.7. The van der Waals surface area contributed by atoms with E-state index in [1.54, 1.807) is 18.2 Å². The van der Waals surface area contributed by atoms with Crippen molar-refractivity contribution in [2.24, 2.45) is 11.7 Å². The molecule has 2 rings (SSSR count). The molecule has 2 unspecified atom stereocenters. The summed E-state index contributed by atoms with van der Waals surface area (Å²) in [6.45, 7) is 3.43. The Morgan fingerprint density at radius 1 is 1.50 bits per heavy atom. The summed E-state index contributed by atoms with van der Waals surface area (Å²) in [4.78, 5) is 14.1. The molecule has 0 saturated carbocycles. The van der Waals surface area contributed by atoms with Crippen LogP contribution in [0.15, 0.2) is 24.3 Å². The van der Waals surface area contributed by atoms with Crippen LogP contribution in [0.1, 0.15) is 19.8 Å². The molecule has 5 heteroatoms. The zero-order valence-corrected chi connectivity index (χ0v) is 11.7. The maximum Gasteiger partial charge on any atom is 0.256 e. The molecular formula is C15H21FN2O2. The van der Waals surface area contributed by atoms with Crippen molar-refractivity contribution in [2.75, 3.05) is 24.6 Å². The van der Waals surface area contributed by atoms with E-state index in [1.807, 2.05) is 6.92 Å². The van der Waals surface area contributed by atoms with Gasteiger partial charge >= 0.3 is 0 Å². The first kappa shape index (κ1) is 14.9. The van der Waals surface area contributed by atoms with Crippen LogP contribution in [0.3, 0.4) is 0 Å². The van der Waals surface area contributed by atoms with Crippen LogP contribution in [-0.4, -0.2) is 31.7 Å². The minimum atomic E-state index is -0.479. The Kier molecular flexibility index (Phi) is 5.09. The molecule has 1 aliphatic heterocycles. The fourth-order valence-electron chi connectivity index (χ4n) is 2.43. The average molecular weight is 280 g/mol. The molecule has 20 heavy (non-hydrogen) atoms. The quantitative estimate of drug-likeness (QED) is 0.896. The number of anilines is 1. The molecule has 1 saturated heterocycles. The van der Waals surface area contributed by atoms with Crippen molar-refractivity contribution in [1.29, 1.82) is 0 Å². The molecule has 1 heterocycles. The fraction of sp³-hybridized carbons (Fsp3) is 0.533. The summed E-state index contributed by atoms with van der Waals surface area (Å²) < 4.78 is 19.4. The minimum Gasteiger partial charge on any atom is -0.368 e. The fourth-order valence-corrected chi connectivity index (χ4v) is 2.43. The van der Waals surface area contributed by atoms with E-state index in [0.717, 1.165) is 6.42 Å². The molecular weight excluding hydrogens is 259 g/mol. The highest BCUT2D eigenvalue weighted by Gasteiger charge is 2.35. The lowest BCUT2D eigenvalue weighted by Gasteiger charge is -2.27. The third kappa shape index (κ3) is 3.16. The number of ether oxygens (including phenoxy) is 1. The van der Waals surface area contributed by atoms with Gasteiger partial charge in [0.1, 0.15) is 11.9 Å². The van der Waals surface area contributed by atoms with Gasteiger partial charge in [-0.3, -0.25) is 4.79 Å². The Labute approximate surface area is 118 Å². The normalized spacial score (nSPS) is 21.9. The van der Waals surface area contributed by atoms with E-state index in [-0.39, 0.29) is 11.8 Å². The van der Waals surface area contributed by atoms with Gasteiger partial charge in [-0.15, -0.1) is 0 Å². The summed E-state index contributed by atoms with van der Waals surface area (Å²) >= 11 is 0. The van der Waals surface area contributed by atoms with Crippen LogP contribution < -0.4 is 10.6 Å². The highest BCUT2D eigenvalue weighted by molar-refractivity contribution is 5.97. The summed E-state index contributed by atoms with van der Waals surface area (Å²) in [5.41, 5.74) is 5.81. The molecule has 0 bridgehead atoms. The predicted octanol–water partition coefficient (Wildman–Crippen LogP) is 1.93. The van der Waals surface area contributed by atoms with Crippen molar-refractivity contribution in [1.82, 2.24) is 0 Å². The van der Waals surface area contributed by atoms with E-state index in [9.17, 15) is 9.18 Å².